The van der Waals surface area contributed by atoms with Crippen molar-refractivity contribution >= 4 is 55.6 Å². The Morgan fingerprint density at radius 1 is 1.56 bits per heavy atom. The molecule has 1 aromatic heterocycles. The number of benzene rings is 1. The third-order valence-corrected chi connectivity index (χ3v) is 3.60. The first-order valence-electron chi connectivity index (χ1n) is 4.68. The minimum absolute atomic E-state index is 0.125. The Labute approximate surface area is 120 Å². The number of hydrogen-bond donors (Lipinski definition) is 3. The van der Waals surface area contributed by atoms with Crippen LogP contribution >= 0.6 is 38.9 Å². The topological polar surface area (TPSA) is 88.2 Å². The van der Waals surface area contributed by atoms with Crippen molar-refractivity contribution in [1.82, 2.24) is 4.98 Å². The highest BCUT2D eigenvalue weighted by atomic mass is 79.9. The number of thiazole rings is 1. The Bertz CT molecular complexity index is 594. The van der Waals surface area contributed by atoms with Gasteiger partial charge in [-0.05, 0) is 12.1 Å². The van der Waals surface area contributed by atoms with Crippen LogP contribution in [0.1, 0.15) is 9.67 Å². The molecule has 2 rings (SSSR count). The highest BCUT2D eigenvalue weighted by Gasteiger charge is 2.15. The normalized spacial score (nSPS) is 10.3. The zero-order valence-electron chi connectivity index (χ0n) is 8.78. The first-order chi connectivity index (χ1) is 8.47. The van der Waals surface area contributed by atoms with Gasteiger partial charge < -0.3 is 16.2 Å². The molecule has 1 amide bonds. The van der Waals surface area contributed by atoms with E-state index in [1.165, 1.54) is 12.3 Å². The van der Waals surface area contributed by atoms with Gasteiger partial charge in [-0.15, -0.1) is 0 Å². The Balaban J connectivity index is 2.27. The SMILES string of the molecule is Nc1ncc(C(=O)Nc2c(O)cc(Br)cc2Cl)s1. The fourth-order valence-corrected chi connectivity index (χ4v) is 2.67. The Morgan fingerprint density at radius 3 is 2.83 bits per heavy atom. The van der Waals surface area contributed by atoms with Crippen LogP contribution in [-0.4, -0.2) is 16.0 Å². The van der Waals surface area contributed by atoms with E-state index in [0.717, 1.165) is 11.3 Å². The predicted molar refractivity (Wildman–Crippen MR) is 75.3 cm³/mol. The molecule has 94 valence electrons. The van der Waals surface area contributed by atoms with Gasteiger partial charge in [0.25, 0.3) is 5.91 Å². The molecule has 0 unspecified atom stereocenters. The number of amides is 1. The molecule has 0 atom stereocenters. The number of carbonyl (C=O) groups is 1. The molecule has 0 aliphatic rings. The number of nitrogens with zero attached hydrogens (tertiary/aromatic N) is 1. The molecule has 0 aliphatic heterocycles. The predicted octanol–water partition coefficient (Wildman–Crippen LogP) is 3.10. The molecule has 0 fully saturated rings. The summed E-state index contributed by atoms with van der Waals surface area (Å²) in [7, 11) is 0. The van der Waals surface area contributed by atoms with Crippen molar-refractivity contribution < 1.29 is 9.90 Å². The highest BCUT2D eigenvalue weighted by molar-refractivity contribution is 9.10. The number of phenolic OH excluding ortho intramolecular Hbond substituents is 1. The lowest BCUT2D eigenvalue weighted by atomic mass is 10.3. The van der Waals surface area contributed by atoms with Crippen molar-refractivity contribution in [2.24, 2.45) is 0 Å². The molecular formula is C10H7BrClN3O2S. The van der Waals surface area contributed by atoms with Gasteiger partial charge in [0.05, 0.1) is 11.2 Å². The first kappa shape index (κ1) is 13.1. The molecule has 0 radical (unpaired) electrons. The second-order valence-electron chi connectivity index (χ2n) is 3.30. The molecule has 8 heteroatoms. The number of anilines is 2. The maximum absolute atomic E-state index is 11.8. The summed E-state index contributed by atoms with van der Waals surface area (Å²) in [5.41, 5.74) is 5.59. The van der Waals surface area contributed by atoms with Gasteiger partial charge in [-0.25, -0.2) is 4.98 Å². The smallest absolute Gasteiger partial charge is 0.267 e. The Kier molecular flexibility index (Phi) is 3.74. The van der Waals surface area contributed by atoms with Crippen LogP contribution < -0.4 is 11.1 Å². The quantitative estimate of drug-likeness (QED) is 0.728. The van der Waals surface area contributed by atoms with Gasteiger partial charge in [-0.3, -0.25) is 4.79 Å². The second-order valence-corrected chi connectivity index (χ2v) is 5.68. The molecule has 0 aliphatic carbocycles. The van der Waals surface area contributed by atoms with Gasteiger partial charge in [-0.2, -0.15) is 0 Å². The van der Waals surface area contributed by atoms with Crippen molar-refractivity contribution in [3.8, 4) is 5.75 Å². The van der Waals surface area contributed by atoms with E-state index >= 15 is 0 Å². The third-order valence-electron chi connectivity index (χ3n) is 2.02. The molecule has 1 aromatic carbocycles. The molecule has 0 bridgehead atoms. The number of rotatable bonds is 2. The molecule has 18 heavy (non-hydrogen) atoms. The van der Waals surface area contributed by atoms with Crippen molar-refractivity contribution in [3.63, 3.8) is 0 Å². The summed E-state index contributed by atoms with van der Waals surface area (Å²) in [6, 6.07) is 3.00. The van der Waals surface area contributed by atoms with E-state index in [4.69, 9.17) is 17.3 Å². The number of halogens is 2. The van der Waals surface area contributed by atoms with E-state index in [-0.39, 0.29) is 16.5 Å². The zero-order chi connectivity index (χ0) is 13.3. The van der Waals surface area contributed by atoms with E-state index in [9.17, 15) is 9.90 Å². The summed E-state index contributed by atoms with van der Waals surface area (Å²) in [6.45, 7) is 0. The summed E-state index contributed by atoms with van der Waals surface area (Å²) >= 11 is 10.2. The van der Waals surface area contributed by atoms with Crippen LogP contribution in [0.25, 0.3) is 0 Å². The van der Waals surface area contributed by atoms with Crippen molar-refractivity contribution in [3.05, 3.63) is 32.7 Å². The molecular weight excluding hydrogens is 342 g/mol. The van der Waals surface area contributed by atoms with E-state index < -0.39 is 5.91 Å². The summed E-state index contributed by atoms with van der Waals surface area (Å²) in [5, 5.41) is 12.7. The molecule has 0 saturated carbocycles. The summed E-state index contributed by atoms with van der Waals surface area (Å²) < 4.78 is 0.616. The standard InChI is InChI=1S/C10H7BrClN3O2S/c11-4-1-5(12)8(6(16)2-4)15-9(17)7-3-14-10(13)18-7/h1-3,16H,(H2,13,14)(H,15,17). The fourth-order valence-electron chi connectivity index (χ4n) is 1.25. The largest absolute Gasteiger partial charge is 0.506 e. The molecule has 5 nitrogen and oxygen atoms in total. The zero-order valence-corrected chi connectivity index (χ0v) is 11.9. The number of aromatic hydroxyl groups is 1. The molecule has 0 spiro atoms. The second kappa shape index (κ2) is 5.13. The van der Waals surface area contributed by atoms with Crippen molar-refractivity contribution in [2.75, 3.05) is 11.1 Å². The number of nitrogen functional groups attached to an aromatic ring is 1. The molecule has 4 N–H and O–H groups in total. The number of hydrogen-bond acceptors (Lipinski definition) is 5. The Hall–Kier alpha value is -1.31. The lowest BCUT2D eigenvalue weighted by Gasteiger charge is -2.08. The molecule has 0 saturated heterocycles. The number of phenols is 1. The van der Waals surface area contributed by atoms with Crippen LogP contribution in [0.3, 0.4) is 0 Å². The summed E-state index contributed by atoms with van der Waals surface area (Å²) in [6.07, 6.45) is 1.36. The number of nitrogens with one attached hydrogen (secondary N) is 1. The summed E-state index contributed by atoms with van der Waals surface area (Å²) in [4.78, 5) is 15.9. The minimum Gasteiger partial charge on any atom is -0.506 e. The van der Waals surface area contributed by atoms with Crippen molar-refractivity contribution in [2.45, 2.75) is 0 Å². The van der Waals surface area contributed by atoms with E-state index in [0.29, 0.717) is 14.5 Å². The van der Waals surface area contributed by atoms with Crippen LogP contribution in [0.15, 0.2) is 22.8 Å². The maximum Gasteiger partial charge on any atom is 0.267 e. The lowest BCUT2D eigenvalue weighted by Crippen LogP contribution is -2.10. The van der Waals surface area contributed by atoms with Crippen LogP contribution in [0.2, 0.25) is 5.02 Å². The van der Waals surface area contributed by atoms with Crippen LogP contribution in [0.4, 0.5) is 10.8 Å². The Morgan fingerprint density at radius 2 is 2.28 bits per heavy atom. The minimum atomic E-state index is -0.427. The van der Waals surface area contributed by atoms with E-state index in [1.807, 2.05) is 0 Å². The molecule has 1 heterocycles. The van der Waals surface area contributed by atoms with Crippen LogP contribution in [0.5, 0.6) is 5.75 Å². The summed E-state index contributed by atoms with van der Waals surface area (Å²) in [5.74, 6) is -0.552. The van der Waals surface area contributed by atoms with Gasteiger partial charge in [-0.1, -0.05) is 38.9 Å². The number of carbonyl (C=O) groups excluding carboxylic acids is 1. The van der Waals surface area contributed by atoms with Crippen molar-refractivity contribution in [1.29, 1.82) is 0 Å². The fraction of sp³-hybridized carbons (Fsp3) is 0. The van der Waals surface area contributed by atoms with Gasteiger partial charge in [0.1, 0.15) is 16.3 Å². The van der Waals surface area contributed by atoms with Crippen LogP contribution in [-0.2, 0) is 0 Å². The van der Waals surface area contributed by atoms with Gasteiger partial charge in [0, 0.05) is 4.47 Å². The maximum atomic E-state index is 11.8. The first-order valence-corrected chi connectivity index (χ1v) is 6.67. The van der Waals surface area contributed by atoms with E-state index in [2.05, 4.69) is 26.2 Å². The number of aromatic nitrogens is 1. The average molecular weight is 349 g/mol. The van der Waals surface area contributed by atoms with Gasteiger partial charge in [0.2, 0.25) is 0 Å². The van der Waals surface area contributed by atoms with Gasteiger partial charge >= 0.3 is 0 Å². The average Bonchev–Trinajstić information content (AvgIpc) is 2.70. The monoisotopic (exact) mass is 347 g/mol. The molecule has 2 aromatic rings. The van der Waals surface area contributed by atoms with Gasteiger partial charge in [0.15, 0.2) is 5.13 Å². The number of nitrogens with two attached hydrogens (primary N) is 1. The highest BCUT2D eigenvalue weighted by Crippen LogP contribution is 2.35. The van der Waals surface area contributed by atoms with E-state index in [1.54, 1.807) is 6.07 Å². The lowest BCUT2D eigenvalue weighted by molar-refractivity contribution is 0.103. The third kappa shape index (κ3) is 2.74. The van der Waals surface area contributed by atoms with Crippen LogP contribution in [0, 0.1) is 0 Å².